The van der Waals surface area contributed by atoms with Gasteiger partial charge in [0.1, 0.15) is 6.04 Å². The molecule has 120 valence electrons. The van der Waals surface area contributed by atoms with E-state index in [1.54, 1.807) is 7.05 Å². The van der Waals surface area contributed by atoms with Gasteiger partial charge in [-0.3, -0.25) is 4.79 Å². The second-order valence-electron chi connectivity index (χ2n) is 5.14. The van der Waals surface area contributed by atoms with Crippen molar-refractivity contribution < 1.29 is 29.3 Å². The van der Waals surface area contributed by atoms with Gasteiger partial charge in [-0.1, -0.05) is 0 Å². The Kier molecular flexibility index (Phi) is 6.93. The topological polar surface area (TPSA) is 116 Å². The third kappa shape index (κ3) is 6.44. The van der Waals surface area contributed by atoms with Crippen LogP contribution in [-0.2, 0) is 14.3 Å². The van der Waals surface area contributed by atoms with E-state index in [0.29, 0.717) is 13.2 Å². The summed E-state index contributed by atoms with van der Waals surface area (Å²) in [4.78, 5) is 34.8. The Hall–Kier alpha value is -1.83. The predicted octanol–water partition coefficient (Wildman–Crippen LogP) is 0.515. The second kappa shape index (κ2) is 8.46. The zero-order chi connectivity index (χ0) is 15.8. The van der Waals surface area contributed by atoms with Crippen LogP contribution in [0.15, 0.2) is 0 Å². The summed E-state index contributed by atoms with van der Waals surface area (Å²) in [6.45, 7) is 1.10. The number of aliphatic carboxylic acids is 2. The van der Waals surface area contributed by atoms with E-state index in [0.717, 1.165) is 12.8 Å². The van der Waals surface area contributed by atoms with E-state index < -0.39 is 24.0 Å². The SMILES string of the molecule is CN(CC1CCCO1)C(=O)N[C@H](CCCC(=O)O)C(=O)O. The molecule has 0 radical (unpaired) electrons. The first-order valence-electron chi connectivity index (χ1n) is 6.98. The van der Waals surface area contributed by atoms with Gasteiger partial charge >= 0.3 is 18.0 Å². The van der Waals surface area contributed by atoms with Gasteiger partial charge in [0.15, 0.2) is 0 Å². The van der Waals surface area contributed by atoms with Crippen molar-refractivity contribution in [1.29, 1.82) is 0 Å². The van der Waals surface area contributed by atoms with Crippen LogP contribution in [0.5, 0.6) is 0 Å². The largest absolute Gasteiger partial charge is 0.481 e. The third-order valence-electron chi connectivity index (χ3n) is 3.33. The fraction of sp³-hybridized carbons (Fsp3) is 0.769. The van der Waals surface area contributed by atoms with Gasteiger partial charge in [-0.15, -0.1) is 0 Å². The van der Waals surface area contributed by atoms with Crippen LogP contribution >= 0.6 is 0 Å². The van der Waals surface area contributed by atoms with E-state index in [1.807, 2.05) is 0 Å². The molecule has 1 aliphatic rings. The Morgan fingerprint density at radius 3 is 2.62 bits per heavy atom. The Labute approximate surface area is 123 Å². The number of nitrogens with one attached hydrogen (secondary N) is 1. The van der Waals surface area contributed by atoms with Crippen LogP contribution in [0.3, 0.4) is 0 Å². The number of urea groups is 1. The number of nitrogens with zero attached hydrogens (tertiary/aromatic N) is 1. The van der Waals surface area contributed by atoms with Crippen molar-refractivity contribution in [3.63, 3.8) is 0 Å². The minimum Gasteiger partial charge on any atom is -0.481 e. The molecule has 21 heavy (non-hydrogen) atoms. The van der Waals surface area contributed by atoms with Crippen molar-refractivity contribution in [2.75, 3.05) is 20.2 Å². The normalized spacial score (nSPS) is 19.0. The van der Waals surface area contributed by atoms with Crippen molar-refractivity contribution >= 4 is 18.0 Å². The maximum atomic E-state index is 11.9. The molecule has 1 unspecified atom stereocenters. The Bertz CT molecular complexity index is 381. The molecule has 0 spiro atoms. The van der Waals surface area contributed by atoms with Gasteiger partial charge in [-0.25, -0.2) is 9.59 Å². The number of amides is 2. The molecular formula is C13H22N2O6. The lowest BCUT2D eigenvalue weighted by Crippen LogP contribution is -2.48. The second-order valence-corrected chi connectivity index (χ2v) is 5.14. The number of hydrogen-bond acceptors (Lipinski definition) is 4. The predicted molar refractivity (Wildman–Crippen MR) is 73.0 cm³/mol. The fourth-order valence-corrected chi connectivity index (χ4v) is 2.15. The number of rotatable bonds is 8. The van der Waals surface area contributed by atoms with Gasteiger partial charge in [-0.2, -0.15) is 0 Å². The lowest BCUT2D eigenvalue weighted by molar-refractivity contribution is -0.140. The molecule has 0 aromatic heterocycles. The number of carbonyl (C=O) groups excluding carboxylic acids is 1. The van der Waals surface area contributed by atoms with Crippen molar-refractivity contribution in [3.8, 4) is 0 Å². The maximum absolute atomic E-state index is 11.9. The first-order chi connectivity index (χ1) is 9.90. The van der Waals surface area contributed by atoms with Gasteiger partial charge < -0.3 is 25.2 Å². The Morgan fingerprint density at radius 1 is 1.38 bits per heavy atom. The summed E-state index contributed by atoms with van der Waals surface area (Å²) in [6.07, 6.45) is 2.01. The molecule has 1 fully saturated rings. The zero-order valence-corrected chi connectivity index (χ0v) is 12.1. The molecule has 1 heterocycles. The van der Waals surface area contributed by atoms with E-state index >= 15 is 0 Å². The molecular weight excluding hydrogens is 280 g/mol. The molecule has 8 nitrogen and oxygen atoms in total. The summed E-state index contributed by atoms with van der Waals surface area (Å²) < 4.78 is 5.41. The number of carboxylic acid groups (broad SMARTS) is 2. The van der Waals surface area contributed by atoms with Crippen LogP contribution in [0.4, 0.5) is 4.79 Å². The number of likely N-dealkylation sites (N-methyl/N-ethyl adjacent to an activating group) is 1. The molecule has 1 rings (SSSR count). The van der Waals surface area contributed by atoms with Gasteiger partial charge in [-0.05, 0) is 25.7 Å². The third-order valence-corrected chi connectivity index (χ3v) is 3.33. The smallest absolute Gasteiger partial charge is 0.326 e. The summed E-state index contributed by atoms with van der Waals surface area (Å²) in [7, 11) is 1.58. The monoisotopic (exact) mass is 302 g/mol. The number of ether oxygens (including phenoxy) is 1. The molecule has 8 heteroatoms. The average Bonchev–Trinajstić information content (AvgIpc) is 2.89. The molecule has 2 atom stereocenters. The minimum atomic E-state index is -1.17. The van der Waals surface area contributed by atoms with Crippen molar-refractivity contribution in [3.05, 3.63) is 0 Å². The molecule has 0 saturated carbocycles. The number of hydrogen-bond donors (Lipinski definition) is 3. The fourth-order valence-electron chi connectivity index (χ4n) is 2.15. The highest BCUT2D eigenvalue weighted by Crippen LogP contribution is 2.13. The van der Waals surface area contributed by atoms with E-state index in [9.17, 15) is 14.4 Å². The Morgan fingerprint density at radius 2 is 2.10 bits per heavy atom. The first-order valence-corrected chi connectivity index (χ1v) is 6.98. The van der Waals surface area contributed by atoms with Gasteiger partial charge in [0.05, 0.1) is 6.10 Å². The quantitative estimate of drug-likeness (QED) is 0.601. The van der Waals surface area contributed by atoms with Crippen molar-refractivity contribution in [1.82, 2.24) is 10.2 Å². The summed E-state index contributed by atoms with van der Waals surface area (Å²) in [6, 6.07) is -1.57. The lowest BCUT2D eigenvalue weighted by atomic mass is 10.1. The van der Waals surface area contributed by atoms with E-state index in [4.69, 9.17) is 14.9 Å². The highest BCUT2D eigenvalue weighted by Gasteiger charge is 2.24. The molecule has 2 amide bonds. The molecule has 3 N–H and O–H groups in total. The highest BCUT2D eigenvalue weighted by atomic mass is 16.5. The standard InChI is InChI=1S/C13H22N2O6/c1-15(8-9-4-3-7-21-9)13(20)14-10(12(18)19)5-2-6-11(16)17/h9-10H,2-8H2,1H3,(H,14,20)(H,16,17)(H,18,19)/t9?,10-/m1/s1. The Balaban J connectivity index is 2.39. The van der Waals surface area contributed by atoms with Gasteiger partial charge in [0.25, 0.3) is 0 Å². The molecule has 0 aromatic carbocycles. The van der Waals surface area contributed by atoms with Crippen LogP contribution < -0.4 is 5.32 Å². The van der Waals surface area contributed by atoms with E-state index in [1.165, 1.54) is 4.90 Å². The highest BCUT2D eigenvalue weighted by molar-refractivity contribution is 5.82. The van der Waals surface area contributed by atoms with Crippen molar-refractivity contribution in [2.45, 2.75) is 44.2 Å². The van der Waals surface area contributed by atoms with E-state index in [2.05, 4.69) is 5.32 Å². The van der Waals surface area contributed by atoms with E-state index in [-0.39, 0.29) is 25.4 Å². The van der Waals surface area contributed by atoms with Crippen LogP contribution in [-0.4, -0.2) is 65.4 Å². The summed E-state index contributed by atoms with van der Waals surface area (Å²) in [5.74, 6) is -2.15. The molecule has 1 saturated heterocycles. The maximum Gasteiger partial charge on any atom is 0.326 e. The van der Waals surface area contributed by atoms with Gasteiger partial charge in [0.2, 0.25) is 0 Å². The van der Waals surface area contributed by atoms with Crippen LogP contribution in [0.2, 0.25) is 0 Å². The molecule has 0 aromatic rings. The summed E-state index contributed by atoms with van der Waals surface area (Å²) >= 11 is 0. The summed E-state index contributed by atoms with van der Waals surface area (Å²) in [5, 5.41) is 20.0. The first kappa shape index (κ1) is 17.2. The average molecular weight is 302 g/mol. The van der Waals surface area contributed by atoms with Crippen LogP contribution in [0.25, 0.3) is 0 Å². The van der Waals surface area contributed by atoms with Crippen LogP contribution in [0, 0.1) is 0 Å². The molecule has 0 aliphatic carbocycles. The molecule has 0 bridgehead atoms. The number of carboxylic acids is 2. The lowest BCUT2D eigenvalue weighted by Gasteiger charge is -2.23. The van der Waals surface area contributed by atoms with Crippen LogP contribution in [0.1, 0.15) is 32.1 Å². The van der Waals surface area contributed by atoms with Gasteiger partial charge in [0, 0.05) is 26.6 Å². The zero-order valence-electron chi connectivity index (χ0n) is 12.1. The molecule has 1 aliphatic heterocycles. The summed E-state index contributed by atoms with van der Waals surface area (Å²) in [5.41, 5.74) is 0. The number of carbonyl (C=O) groups is 3. The minimum absolute atomic E-state index is 0.00367. The van der Waals surface area contributed by atoms with Crippen molar-refractivity contribution in [2.24, 2.45) is 0 Å².